The molecule has 1 aliphatic rings. The third-order valence-corrected chi connectivity index (χ3v) is 4.96. The molecule has 0 bridgehead atoms. The lowest BCUT2D eigenvalue weighted by atomic mass is 10.0. The summed E-state index contributed by atoms with van der Waals surface area (Å²) >= 11 is 0. The van der Waals surface area contributed by atoms with E-state index in [1.54, 1.807) is 0 Å². The highest BCUT2D eigenvalue weighted by molar-refractivity contribution is 5.93. The van der Waals surface area contributed by atoms with Crippen molar-refractivity contribution in [2.45, 2.75) is 25.4 Å². The van der Waals surface area contributed by atoms with Gasteiger partial charge >= 0.3 is 0 Å². The fourth-order valence-electron chi connectivity index (χ4n) is 3.59. The molecule has 0 saturated carbocycles. The predicted octanol–water partition coefficient (Wildman–Crippen LogP) is 3.89. The molecule has 4 rings (SSSR count). The zero-order valence-corrected chi connectivity index (χ0v) is 14.4. The molecule has 3 aromatic rings. The number of nitrogens with one attached hydrogen (secondary N) is 1. The van der Waals surface area contributed by atoms with Crippen LogP contribution in [0.2, 0.25) is 0 Å². The summed E-state index contributed by atoms with van der Waals surface area (Å²) in [4.78, 5) is 6.97. The molecule has 25 heavy (non-hydrogen) atoms. The maximum absolute atomic E-state index is 5.96. The van der Waals surface area contributed by atoms with Crippen molar-refractivity contribution in [1.82, 2.24) is 9.88 Å². The second-order valence-electron chi connectivity index (χ2n) is 6.82. The Bertz CT molecular complexity index is 839. The van der Waals surface area contributed by atoms with Crippen LogP contribution in [0.15, 0.2) is 60.8 Å². The Kier molecular flexibility index (Phi) is 4.53. The summed E-state index contributed by atoms with van der Waals surface area (Å²) in [5.41, 5.74) is 10.3. The number of hydrogen-bond donors (Lipinski definition) is 2. The van der Waals surface area contributed by atoms with Crippen molar-refractivity contribution in [2.24, 2.45) is 0 Å². The van der Waals surface area contributed by atoms with Gasteiger partial charge in [-0.25, -0.2) is 0 Å². The normalized spacial score (nSPS) is 16.2. The first-order valence-corrected chi connectivity index (χ1v) is 8.95. The van der Waals surface area contributed by atoms with Gasteiger partial charge in [0.05, 0.1) is 5.52 Å². The third kappa shape index (κ3) is 3.74. The van der Waals surface area contributed by atoms with Crippen molar-refractivity contribution in [2.75, 3.05) is 24.1 Å². The first-order chi connectivity index (χ1) is 12.3. The molecule has 0 amide bonds. The Hall–Kier alpha value is -2.59. The van der Waals surface area contributed by atoms with Gasteiger partial charge in [-0.15, -0.1) is 0 Å². The van der Waals surface area contributed by atoms with E-state index in [4.69, 9.17) is 5.73 Å². The van der Waals surface area contributed by atoms with E-state index >= 15 is 0 Å². The lowest BCUT2D eigenvalue weighted by molar-refractivity contribution is 0.211. The second-order valence-corrected chi connectivity index (χ2v) is 6.82. The summed E-state index contributed by atoms with van der Waals surface area (Å²) in [6, 6.07) is 19.2. The highest BCUT2D eigenvalue weighted by Gasteiger charge is 2.19. The molecule has 1 fully saturated rings. The highest BCUT2D eigenvalue weighted by atomic mass is 15.1. The number of likely N-dealkylation sites (tertiary alicyclic amines) is 1. The summed E-state index contributed by atoms with van der Waals surface area (Å²) in [7, 11) is 0. The number of nitrogen functional groups attached to an aromatic ring is 1. The van der Waals surface area contributed by atoms with Crippen molar-refractivity contribution in [3.05, 3.63) is 66.4 Å². The van der Waals surface area contributed by atoms with Crippen LogP contribution in [0, 0.1) is 0 Å². The fraction of sp³-hybridized carbons (Fsp3) is 0.286. The smallest absolute Gasteiger partial charge is 0.0724 e. The molecule has 2 heterocycles. The van der Waals surface area contributed by atoms with Crippen molar-refractivity contribution in [3.63, 3.8) is 0 Å². The maximum Gasteiger partial charge on any atom is 0.0724 e. The fourth-order valence-corrected chi connectivity index (χ4v) is 3.59. The molecule has 1 saturated heterocycles. The molecule has 0 spiro atoms. The number of pyridine rings is 1. The zero-order chi connectivity index (χ0) is 17.1. The van der Waals surface area contributed by atoms with Crippen LogP contribution < -0.4 is 11.1 Å². The minimum Gasteiger partial charge on any atom is -0.399 e. The second kappa shape index (κ2) is 7.11. The SMILES string of the molecule is Nc1ccc2nccc(NC3CCN(Cc4ccccc4)CC3)c2c1. The average molecular weight is 332 g/mol. The van der Waals surface area contributed by atoms with Crippen molar-refractivity contribution < 1.29 is 0 Å². The standard InChI is InChI=1S/C21H24N4/c22-17-6-7-20-19(14-17)21(8-11-23-20)24-18-9-12-25(13-10-18)15-16-4-2-1-3-5-16/h1-8,11,14,18H,9-10,12-13,15,22H2,(H,23,24). The van der Waals surface area contributed by atoms with Gasteiger partial charge in [-0.3, -0.25) is 9.88 Å². The summed E-state index contributed by atoms with van der Waals surface area (Å²) < 4.78 is 0. The van der Waals surface area contributed by atoms with E-state index in [9.17, 15) is 0 Å². The van der Waals surface area contributed by atoms with Crippen LogP contribution in [-0.2, 0) is 6.54 Å². The van der Waals surface area contributed by atoms with Crippen LogP contribution in [0.5, 0.6) is 0 Å². The first kappa shape index (κ1) is 15.9. The molecule has 0 unspecified atom stereocenters. The van der Waals surface area contributed by atoms with Gasteiger partial charge in [0, 0.05) is 48.6 Å². The molecule has 128 valence electrons. The van der Waals surface area contributed by atoms with Crippen LogP contribution in [0.3, 0.4) is 0 Å². The summed E-state index contributed by atoms with van der Waals surface area (Å²) in [5, 5.41) is 4.82. The van der Waals surface area contributed by atoms with E-state index < -0.39 is 0 Å². The Morgan fingerprint density at radius 3 is 2.64 bits per heavy atom. The molecule has 0 atom stereocenters. The largest absolute Gasteiger partial charge is 0.399 e. The first-order valence-electron chi connectivity index (χ1n) is 8.95. The number of nitrogens with two attached hydrogens (primary N) is 1. The van der Waals surface area contributed by atoms with Crippen LogP contribution in [-0.4, -0.2) is 29.0 Å². The monoisotopic (exact) mass is 332 g/mol. The summed E-state index contributed by atoms with van der Waals surface area (Å²) in [6.45, 7) is 3.29. The maximum atomic E-state index is 5.96. The van der Waals surface area contributed by atoms with Gasteiger partial charge < -0.3 is 11.1 Å². The molecule has 2 aromatic carbocycles. The Morgan fingerprint density at radius 1 is 1.04 bits per heavy atom. The van der Waals surface area contributed by atoms with Gasteiger partial charge in [-0.1, -0.05) is 30.3 Å². The summed E-state index contributed by atoms with van der Waals surface area (Å²) in [5.74, 6) is 0. The molecule has 0 radical (unpaired) electrons. The molecule has 4 heteroatoms. The van der Waals surface area contributed by atoms with E-state index in [1.165, 1.54) is 5.56 Å². The Balaban J connectivity index is 1.40. The van der Waals surface area contributed by atoms with Crippen molar-refractivity contribution >= 4 is 22.3 Å². The Labute approximate surface area is 148 Å². The number of benzene rings is 2. The lowest BCUT2D eigenvalue weighted by Crippen LogP contribution is -2.38. The van der Waals surface area contributed by atoms with Gasteiger partial charge in [-0.2, -0.15) is 0 Å². The Morgan fingerprint density at radius 2 is 1.84 bits per heavy atom. The van der Waals surface area contributed by atoms with Crippen LogP contribution in [0.25, 0.3) is 10.9 Å². The third-order valence-electron chi connectivity index (χ3n) is 4.96. The number of rotatable bonds is 4. The molecule has 1 aromatic heterocycles. The average Bonchev–Trinajstić information content (AvgIpc) is 2.65. The lowest BCUT2D eigenvalue weighted by Gasteiger charge is -2.33. The van der Waals surface area contributed by atoms with Gasteiger partial charge in [0.2, 0.25) is 0 Å². The van der Waals surface area contributed by atoms with E-state index in [2.05, 4.69) is 51.6 Å². The number of fused-ring (bicyclic) bond motifs is 1. The molecular formula is C21H24N4. The number of piperidine rings is 1. The van der Waals surface area contributed by atoms with E-state index in [-0.39, 0.29) is 0 Å². The van der Waals surface area contributed by atoms with Gasteiger partial charge in [-0.05, 0) is 42.7 Å². The number of aromatic nitrogens is 1. The quantitative estimate of drug-likeness (QED) is 0.712. The molecule has 3 N–H and O–H groups in total. The summed E-state index contributed by atoms with van der Waals surface area (Å²) in [6.07, 6.45) is 4.17. The topological polar surface area (TPSA) is 54.2 Å². The van der Waals surface area contributed by atoms with Gasteiger partial charge in [0.15, 0.2) is 0 Å². The molecule has 1 aliphatic heterocycles. The minimum absolute atomic E-state index is 0.499. The van der Waals surface area contributed by atoms with Crippen molar-refractivity contribution in [1.29, 1.82) is 0 Å². The molecule has 0 aliphatic carbocycles. The molecular weight excluding hydrogens is 308 g/mol. The van der Waals surface area contributed by atoms with Crippen molar-refractivity contribution in [3.8, 4) is 0 Å². The number of nitrogens with zero attached hydrogens (tertiary/aromatic N) is 2. The minimum atomic E-state index is 0.499. The predicted molar refractivity (Wildman–Crippen MR) is 105 cm³/mol. The number of anilines is 2. The van der Waals surface area contributed by atoms with E-state index in [0.717, 1.165) is 54.8 Å². The zero-order valence-electron chi connectivity index (χ0n) is 14.4. The van der Waals surface area contributed by atoms with Crippen LogP contribution in [0.1, 0.15) is 18.4 Å². The highest BCUT2D eigenvalue weighted by Crippen LogP contribution is 2.26. The van der Waals surface area contributed by atoms with Gasteiger partial charge in [0.25, 0.3) is 0 Å². The number of hydrogen-bond acceptors (Lipinski definition) is 4. The molecule has 4 nitrogen and oxygen atoms in total. The van der Waals surface area contributed by atoms with Crippen LogP contribution >= 0.6 is 0 Å². The van der Waals surface area contributed by atoms with E-state index in [0.29, 0.717) is 6.04 Å². The van der Waals surface area contributed by atoms with Crippen LogP contribution in [0.4, 0.5) is 11.4 Å². The van der Waals surface area contributed by atoms with E-state index in [1.807, 2.05) is 24.4 Å². The van der Waals surface area contributed by atoms with Gasteiger partial charge in [0.1, 0.15) is 0 Å².